The molecule has 0 bridgehead atoms. The lowest BCUT2D eigenvalue weighted by Gasteiger charge is -2.03. The van der Waals surface area contributed by atoms with Crippen LogP contribution in [-0.2, 0) is 0 Å². The Hall–Kier alpha value is -3.55. The SMILES string of the molecule is CC(C)c1nc(N)nc(N)n1.Nc1ccc2[nH]c3ccc(N)cc3c2c1. The van der Waals surface area contributed by atoms with E-state index in [1.165, 1.54) is 0 Å². The zero-order valence-electron chi connectivity index (χ0n) is 14.7. The van der Waals surface area contributed by atoms with Crippen molar-refractivity contribution in [2.45, 2.75) is 19.8 Å². The van der Waals surface area contributed by atoms with Crippen molar-refractivity contribution in [3.05, 3.63) is 42.2 Å². The topological polar surface area (TPSA) is 159 Å². The normalized spacial score (nSPS) is 10.9. The fourth-order valence-electron chi connectivity index (χ4n) is 2.62. The van der Waals surface area contributed by atoms with Crippen LogP contribution in [0.15, 0.2) is 36.4 Å². The van der Waals surface area contributed by atoms with Crippen LogP contribution in [-0.4, -0.2) is 19.9 Å². The zero-order valence-corrected chi connectivity index (χ0v) is 14.7. The predicted octanol–water partition coefficient (Wildman–Crippen LogP) is 2.64. The first-order chi connectivity index (χ1) is 12.3. The molecule has 2 aromatic carbocycles. The maximum absolute atomic E-state index is 5.77. The van der Waals surface area contributed by atoms with Gasteiger partial charge < -0.3 is 27.9 Å². The second-order valence-electron chi connectivity index (χ2n) is 6.30. The van der Waals surface area contributed by atoms with E-state index in [9.17, 15) is 0 Å². The Bertz CT molecular complexity index is 991. The molecule has 134 valence electrons. The summed E-state index contributed by atoms with van der Waals surface area (Å²) in [6.07, 6.45) is 0. The number of aromatic nitrogens is 4. The fourth-order valence-corrected chi connectivity index (χ4v) is 2.62. The molecule has 0 radical (unpaired) electrons. The number of nitrogens with zero attached hydrogens (tertiary/aromatic N) is 3. The van der Waals surface area contributed by atoms with Crippen molar-refractivity contribution >= 4 is 45.1 Å². The Morgan fingerprint density at radius 3 is 1.62 bits per heavy atom. The molecule has 2 heterocycles. The van der Waals surface area contributed by atoms with Crippen molar-refractivity contribution in [2.24, 2.45) is 0 Å². The summed E-state index contributed by atoms with van der Waals surface area (Å²) >= 11 is 0. The zero-order chi connectivity index (χ0) is 18.8. The van der Waals surface area contributed by atoms with Crippen molar-refractivity contribution in [2.75, 3.05) is 22.9 Å². The molecule has 0 atom stereocenters. The standard InChI is InChI=1S/C12H11N3.C6H11N5/c13-7-1-3-11-9(5-7)10-6-8(14)2-4-12(10)15-11;1-3(2)4-9-5(7)11-6(8)10-4/h1-6,15H,13-14H2;3H,1-2H3,(H4,7,8,9,10,11). The summed E-state index contributed by atoms with van der Waals surface area (Å²) in [6, 6.07) is 11.7. The Morgan fingerprint density at radius 2 is 1.19 bits per heavy atom. The monoisotopic (exact) mass is 350 g/mol. The van der Waals surface area contributed by atoms with E-state index >= 15 is 0 Å². The maximum Gasteiger partial charge on any atom is 0.225 e. The molecule has 0 saturated heterocycles. The number of hydrogen-bond acceptors (Lipinski definition) is 7. The van der Waals surface area contributed by atoms with Gasteiger partial charge in [0.05, 0.1) is 0 Å². The summed E-state index contributed by atoms with van der Waals surface area (Å²) in [4.78, 5) is 14.8. The summed E-state index contributed by atoms with van der Waals surface area (Å²) < 4.78 is 0. The molecule has 26 heavy (non-hydrogen) atoms. The van der Waals surface area contributed by atoms with Crippen LogP contribution >= 0.6 is 0 Å². The molecule has 2 aromatic heterocycles. The van der Waals surface area contributed by atoms with Crippen molar-refractivity contribution in [1.29, 1.82) is 0 Å². The predicted molar refractivity (Wildman–Crippen MR) is 107 cm³/mol. The minimum absolute atomic E-state index is 0.182. The number of hydrogen-bond donors (Lipinski definition) is 5. The highest BCUT2D eigenvalue weighted by Crippen LogP contribution is 2.28. The summed E-state index contributed by atoms with van der Waals surface area (Å²) in [5.74, 6) is 1.22. The molecule has 9 N–H and O–H groups in total. The number of nitrogens with two attached hydrogens (primary N) is 4. The molecule has 0 unspecified atom stereocenters. The van der Waals surface area contributed by atoms with Crippen molar-refractivity contribution in [1.82, 2.24) is 19.9 Å². The van der Waals surface area contributed by atoms with Gasteiger partial charge in [-0.1, -0.05) is 13.8 Å². The quantitative estimate of drug-likeness (QED) is 0.330. The number of rotatable bonds is 1. The molecule has 0 saturated carbocycles. The molecule has 0 spiro atoms. The van der Waals surface area contributed by atoms with Gasteiger partial charge in [0.25, 0.3) is 0 Å². The van der Waals surface area contributed by atoms with Crippen molar-refractivity contribution < 1.29 is 0 Å². The van der Waals surface area contributed by atoms with Gasteiger partial charge in [0, 0.05) is 39.1 Å². The Balaban J connectivity index is 0.000000160. The van der Waals surface area contributed by atoms with E-state index < -0.39 is 0 Å². The number of nitrogens with one attached hydrogen (secondary N) is 1. The van der Waals surface area contributed by atoms with Gasteiger partial charge in [-0.15, -0.1) is 0 Å². The first-order valence-corrected chi connectivity index (χ1v) is 8.17. The molecule has 0 aliphatic rings. The minimum atomic E-state index is 0.182. The third-order valence-corrected chi connectivity index (χ3v) is 3.85. The third-order valence-electron chi connectivity index (χ3n) is 3.85. The molecule has 0 aliphatic heterocycles. The molecule has 4 aromatic rings. The lowest BCUT2D eigenvalue weighted by Crippen LogP contribution is -2.07. The van der Waals surface area contributed by atoms with Crippen LogP contribution in [0.1, 0.15) is 25.6 Å². The molecule has 8 heteroatoms. The third kappa shape index (κ3) is 3.59. The van der Waals surface area contributed by atoms with Crippen molar-refractivity contribution in [3.8, 4) is 0 Å². The summed E-state index contributed by atoms with van der Waals surface area (Å²) in [5.41, 5.74) is 26.0. The Morgan fingerprint density at radius 1 is 0.731 bits per heavy atom. The minimum Gasteiger partial charge on any atom is -0.399 e. The van der Waals surface area contributed by atoms with Crippen LogP contribution in [0.5, 0.6) is 0 Å². The van der Waals surface area contributed by atoms with E-state index in [0.29, 0.717) is 5.82 Å². The van der Waals surface area contributed by atoms with Gasteiger partial charge in [0.2, 0.25) is 11.9 Å². The van der Waals surface area contributed by atoms with Crippen molar-refractivity contribution in [3.63, 3.8) is 0 Å². The van der Waals surface area contributed by atoms with Crippen LogP contribution in [0, 0.1) is 0 Å². The van der Waals surface area contributed by atoms with Crippen LogP contribution in [0.2, 0.25) is 0 Å². The maximum atomic E-state index is 5.77. The molecular weight excluding hydrogens is 328 g/mol. The van der Waals surface area contributed by atoms with Gasteiger partial charge in [0.1, 0.15) is 5.82 Å². The fraction of sp³-hybridized carbons (Fsp3) is 0.167. The highest BCUT2D eigenvalue weighted by atomic mass is 15.1. The molecule has 0 amide bonds. The molecule has 8 nitrogen and oxygen atoms in total. The average molecular weight is 350 g/mol. The van der Waals surface area contributed by atoms with E-state index in [1.54, 1.807) is 0 Å². The highest BCUT2D eigenvalue weighted by Gasteiger charge is 2.05. The van der Waals surface area contributed by atoms with Gasteiger partial charge in [-0.3, -0.25) is 0 Å². The highest BCUT2D eigenvalue weighted by molar-refractivity contribution is 6.09. The van der Waals surface area contributed by atoms with Crippen LogP contribution in [0.25, 0.3) is 21.8 Å². The van der Waals surface area contributed by atoms with E-state index in [-0.39, 0.29) is 17.8 Å². The number of aromatic amines is 1. The number of anilines is 4. The molecule has 0 fully saturated rings. The lowest BCUT2D eigenvalue weighted by atomic mass is 10.1. The molecule has 0 aliphatic carbocycles. The van der Waals surface area contributed by atoms with Gasteiger partial charge in [-0.25, -0.2) is 0 Å². The first kappa shape index (κ1) is 17.3. The number of nitrogen functional groups attached to an aromatic ring is 4. The van der Waals surface area contributed by atoms with E-state index in [2.05, 4.69) is 19.9 Å². The summed E-state index contributed by atoms with van der Waals surface area (Å²) in [5, 5.41) is 2.24. The van der Waals surface area contributed by atoms with Gasteiger partial charge in [0.15, 0.2) is 0 Å². The average Bonchev–Trinajstić information content (AvgIpc) is 2.92. The molecular formula is C18H22N8. The largest absolute Gasteiger partial charge is 0.399 e. The number of H-pyrrole nitrogens is 1. The summed E-state index contributed by atoms with van der Waals surface area (Å²) in [7, 11) is 0. The van der Waals surface area contributed by atoms with E-state index in [0.717, 1.165) is 33.2 Å². The smallest absolute Gasteiger partial charge is 0.225 e. The van der Waals surface area contributed by atoms with E-state index in [4.69, 9.17) is 22.9 Å². The molecule has 4 rings (SSSR count). The number of benzene rings is 2. The summed E-state index contributed by atoms with van der Waals surface area (Å²) in [6.45, 7) is 3.93. The number of fused-ring (bicyclic) bond motifs is 3. The van der Waals surface area contributed by atoms with Crippen LogP contribution in [0.4, 0.5) is 23.3 Å². The van der Waals surface area contributed by atoms with Gasteiger partial charge in [-0.2, -0.15) is 15.0 Å². The second kappa shape index (κ2) is 6.75. The first-order valence-electron chi connectivity index (χ1n) is 8.17. The lowest BCUT2D eigenvalue weighted by molar-refractivity contribution is 0.768. The van der Waals surface area contributed by atoms with Gasteiger partial charge >= 0.3 is 0 Å². The van der Waals surface area contributed by atoms with Crippen LogP contribution < -0.4 is 22.9 Å². The van der Waals surface area contributed by atoms with Gasteiger partial charge in [-0.05, 0) is 36.4 Å². The Kier molecular flexibility index (Phi) is 4.49. The van der Waals surface area contributed by atoms with Crippen LogP contribution in [0.3, 0.4) is 0 Å². The Labute approximate surface area is 150 Å². The van der Waals surface area contributed by atoms with E-state index in [1.807, 2.05) is 50.2 Å². The second-order valence-corrected chi connectivity index (χ2v) is 6.30.